The third-order valence-electron chi connectivity index (χ3n) is 3.36. The van der Waals surface area contributed by atoms with Crippen LogP contribution in [0.2, 0.25) is 0 Å². The molecule has 0 aromatic heterocycles. The van der Waals surface area contributed by atoms with Gasteiger partial charge < -0.3 is 10.6 Å². The van der Waals surface area contributed by atoms with Gasteiger partial charge in [-0.3, -0.25) is 4.79 Å². The fraction of sp³-hybridized carbons (Fsp3) is 0.500. The summed E-state index contributed by atoms with van der Waals surface area (Å²) in [7, 11) is 0. The fourth-order valence-electron chi connectivity index (χ4n) is 2.22. The van der Waals surface area contributed by atoms with Crippen molar-refractivity contribution in [2.75, 3.05) is 6.54 Å². The first-order valence-corrected chi connectivity index (χ1v) is 6.46. The molecule has 0 aliphatic carbocycles. The minimum absolute atomic E-state index is 0.0338. The number of amides is 1. The van der Waals surface area contributed by atoms with Crippen molar-refractivity contribution in [3.05, 3.63) is 35.6 Å². The van der Waals surface area contributed by atoms with Crippen LogP contribution in [0.25, 0.3) is 0 Å². The Balaban J connectivity index is 1.91. The van der Waals surface area contributed by atoms with Crippen LogP contribution in [0.3, 0.4) is 0 Å². The molecule has 0 radical (unpaired) electrons. The summed E-state index contributed by atoms with van der Waals surface area (Å²) in [5, 5.41) is 6.17. The molecular weight excluding hydrogens is 231 g/mol. The molecule has 1 aromatic carbocycles. The van der Waals surface area contributed by atoms with E-state index in [9.17, 15) is 9.18 Å². The molecule has 1 fully saturated rings. The minimum Gasteiger partial charge on any atom is -0.348 e. The topological polar surface area (TPSA) is 41.1 Å². The highest BCUT2D eigenvalue weighted by Crippen LogP contribution is 2.14. The standard InChI is InChI=1S/C14H19FN2O/c1-10(11-5-7-12(15)8-6-11)17-14(18)13-4-2-3-9-16-13/h5-8,10,13,16H,2-4,9H2,1H3,(H,17,18)/t10?,13-/m1/s1. The maximum atomic E-state index is 12.8. The summed E-state index contributed by atoms with van der Waals surface area (Å²) in [6.07, 6.45) is 3.12. The zero-order valence-corrected chi connectivity index (χ0v) is 10.6. The van der Waals surface area contributed by atoms with Gasteiger partial charge in [0.2, 0.25) is 5.91 Å². The van der Waals surface area contributed by atoms with Crippen LogP contribution in [0.5, 0.6) is 0 Å². The molecule has 2 rings (SSSR count). The van der Waals surface area contributed by atoms with Gasteiger partial charge in [0.05, 0.1) is 12.1 Å². The maximum absolute atomic E-state index is 12.8. The van der Waals surface area contributed by atoms with E-state index in [1.807, 2.05) is 6.92 Å². The molecule has 1 amide bonds. The number of carbonyl (C=O) groups excluding carboxylic acids is 1. The predicted octanol–water partition coefficient (Wildman–Crippen LogP) is 2.14. The van der Waals surface area contributed by atoms with E-state index in [4.69, 9.17) is 0 Å². The molecular formula is C14H19FN2O. The van der Waals surface area contributed by atoms with Gasteiger partial charge in [-0.15, -0.1) is 0 Å². The lowest BCUT2D eigenvalue weighted by Gasteiger charge is -2.24. The van der Waals surface area contributed by atoms with Crippen LogP contribution in [0, 0.1) is 5.82 Å². The molecule has 0 spiro atoms. The summed E-state index contributed by atoms with van der Waals surface area (Å²) >= 11 is 0. The van der Waals surface area contributed by atoms with E-state index in [1.54, 1.807) is 12.1 Å². The highest BCUT2D eigenvalue weighted by Gasteiger charge is 2.21. The van der Waals surface area contributed by atoms with Crippen molar-refractivity contribution >= 4 is 5.91 Å². The van der Waals surface area contributed by atoms with Gasteiger partial charge in [-0.05, 0) is 44.0 Å². The van der Waals surface area contributed by atoms with E-state index < -0.39 is 0 Å². The lowest BCUT2D eigenvalue weighted by molar-refractivity contribution is -0.124. The summed E-state index contributed by atoms with van der Waals surface area (Å²) in [6.45, 7) is 2.82. The Labute approximate surface area is 107 Å². The molecule has 1 saturated heterocycles. The van der Waals surface area contributed by atoms with E-state index in [2.05, 4.69) is 10.6 Å². The van der Waals surface area contributed by atoms with Crippen LogP contribution < -0.4 is 10.6 Å². The molecule has 18 heavy (non-hydrogen) atoms. The second-order valence-electron chi connectivity index (χ2n) is 4.78. The second kappa shape index (κ2) is 5.96. The first-order valence-electron chi connectivity index (χ1n) is 6.46. The van der Waals surface area contributed by atoms with Crippen molar-refractivity contribution in [3.8, 4) is 0 Å². The Hall–Kier alpha value is -1.42. The van der Waals surface area contributed by atoms with Crippen molar-refractivity contribution in [2.24, 2.45) is 0 Å². The van der Waals surface area contributed by atoms with Crippen LogP contribution in [0.4, 0.5) is 4.39 Å². The summed E-state index contributed by atoms with van der Waals surface area (Å²) in [5.74, 6) is -0.224. The van der Waals surface area contributed by atoms with Crippen LogP contribution in [0.1, 0.15) is 37.8 Å². The van der Waals surface area contributed by atoms with Gasteiger partial charge in [0, 0.05) is 0 Å². The van der Waals surface area contributed by atoms with Crippen LogP contribution in [0.15, 0.2) is 24.3 Å². The molecule has 0 bridgehead atoms. The number of hydrogen-bond donors (Lipinski definition) is 2. The van der Waals surface area contributed by atoms with E-state index in [0.29, 0.717) is 0 Å². The van der Waals surface area contributed by atoms with Crippen LogP contribution in [-0.2, 0) is 4.79 Å². The predicted molar refractivity (Wildman–Crippen MR) is 68.6 cm³/mol. The molecule has 1 aliphatic rings. The van der Waals surface area contributed by atoms with E-state index >= 15 is 0 Å². The third kappa shape index (κ3) is 3.29. The van der Waals surface area contributed by atoms with Crippen molar-refractivity contribution in [2.45, 2.75) is 38.3 Å². The molecule has 1 aromatic rings. The van der Waals surface area contributed by atoms with Crippen molar-refractivity contribution in [3.63, 3.8) is 0 Å². The normalized spacial score (nSPS) is 21.3. The molecule has 0 saturated carbocycles. The average Bonchev–Trinajstić information content (AvgIpc) is 2.40. The van der Waals surface area contributed by atoms with Gasteiger partial charge in [0.15, 0.2) is 0 Å². The lowest BCUT2D eigenvalue weighted by Crippen LogP contribution is -2.47. The number of benzene rings is 1. The monoisotopic (exact) mass is 250 g/mol. The largest absolute Gasteiger partial charge is 0.348 e. The average molecular weight is 250 g/mol. The molecule has 2 atom stereocenters. The van der Waals surface area contributed by atoms with Crippen molar-refractivity contribution in [1.82, 2.24) is 10.6 Å². The van der Waals surface area contributed by atoms with Crippen LogP contribution >= 0.6 is 0 Å². The lowest BCUT2D eigenvalue weighted by atomic mass is 10.0. The molecule has 98 valence electrons. The minimum atomic E-state index is -0.258. The van der Waals surface area contributed by atoms with Gasteiger partial charge in [-0.2, -0.15) is 0 Å². The van der Waals surface area contributed by atoms with Crippen LogP contribution in [-0.4, -0.2) is 18.5 Å². The van der Waals surface area contributed by atoms with Crippen molar-refractivity contribution < 1.29 is 9.18 Å². The summed E-state index contributed by atoms with van der Waals surface area (Å²) in [5.41, 5.74) is 0.917. The number of rotatable bonds is 3. The van der Waals surface area contributed by atoms with Gasteiger partial charge in [-0.25, -0.2) is 4.39 Å². The summed E-state index contributed by atoms with van der Waals surface area (Å²) in [6, 6.07) is 6.06. The Bertz CT molecular complexity index is 399. The number of piperidine rings is 1. The Kier molecular flexibility index (Phi) is 4.31. The maximum Gasteiger partial charge on any atom is 0.237 e. The second-order valence-corrected chi connectivity index (χ2v) is 4.78. The Morgan fingerprint density at radius 1 is 1.39 bits per heavy atom. The summed E-state index contributed by atoms with van der Waals surface area (Å²) in [4.78, 5) is 12.0. The molecule has 1 unspecified atom stereocenters. The highest BCUT2D eigenvalue weighted by molar-refractivity contribution is 5.82. The summed E-state index contributed by atoms with van der Waals surface area (Å²) < 4.78 is 12.8. The number of hydrogen-bond acceptors (Lipinski definition) is 2. The zero-order valence-electron chi connectivity index (χ0n) is 10.6. The Morgan fingerprint density at radius 3 is 2.72 bits per heavy atom. The zero-order chi connectivity index (χ0) is 13.0. The molecule has 1 aliphatic heterocycles. The van der Waals surface area contributed by atoms with E-state index in [-0.39, 0.29) is 23.8 Å². The SMILES string of the molecule is CC(NC(=O)[C@H]1CCCCN1)c1ccc(F)cc1. The van der Waals surface area contributed by atoms with Gasteiger partial charge in [0.1, 0.15) is 5.82 Å². The van der Waals surface area contributed by atoms with Crippen molar-refractivity contribution in [1.29, 1.82) is 0 Å². The first-order chi connectivity index (χ1) is 8.66. The smallest absolute Gasteiger partial charge is 0.237 e. The number of nitrogens with one attached hydrogen (secondary N) is 2. The highest BCUT2D eigenvalue weighted by atomic mass is 19.1. The fourth-order valence-corrected chi connectivity index (χ4v) is 2.22. The molecule has 2 N–H and O–H groups in total. The quantitative estimate of drug-likeness (QED) is 0.863. The molecule has 4 heteroatoms. The van der Waals surface area contributed by atoms with E-state index in [0.717, 1.165) is 31.4 Å². The number of carbonyl (C=O) groups is 1. The third-order valence-corrected chi connectivity index (χ3v) is 3.36. The Morgan fingerprint density at radius 2 is 2.11 bits per heavy atom. The molecule has 1 heterocycles. The molecule has 3 nitrogen and oxygen atoms in total. The van der Waals surface area contributed by atoms with E-state index in [1.165, 1.54) is 12.1 Å². The first kappa shape index (κ1) is 13.0. The van der Waals surface area contributed by atoms with Gasteiger partial charge >= 0.3 is 0 Å². The number of halogens is 1. The van der Waals surface area contributed by atoms with Gasteiger partial charge in [0.25, 0.3) is 0 Å². The van der Waals surface area contributed by atoms with Gasteiger partial charge in [-0.1, -0.05) is 18.6 Å².